The maximum atomic E-state index is 14.2. The minimum absolute atomic E-state index is 0.0373. The number of halogens is 2. The van der Waals surface area contributed by atoms with Gasteiger partial charge in [-0.1, -0.05) is 0 Å². The molecule has 31 heavy (non-hydrogen) atoms. The van der Waals surface area contributed by atoms with Crippen molar-refractivity contribution in [2.24, 2.45) is 5.73 Å². The number of carbonyl (C=O) groups is 1. The second-order valence-corrected chi connectivity index (χ2v) is 8.58. The SMILES string of the molecule is CCn1c(C(=O)NC(C)C)nc2c1CN([C@H]1CO[C@H](c3cc(F)ccc3F)[C@@H](N)C1)C2. The van der Waals surface area contributed by atoms with Crippen LogP contribution in [-0.4, -0.2) is 45.1 Å². The second kappa shape index (κ2) is 8.64. The molecule has 0 bridgehead atoms. The predicted molar refractivity (Wildman–Crippen MR) is 111 cm³/mol. The second-order valence-electron chi connectivity index (χ2n) is 8.58. The van der Waals surface area contributed by atoms with Crippen LogP contribution in [0.25, 0.3) is 0 Å². The first-order chi connectivity index (χ1) is 14.8. The molecule has 2 aliphatic heterocycles. The maximum Gasteiger partial charge on any atom is 0.287 e. The summed E-state index contributed by atoms with van der Waals surface area (Å²) in [5.41, 5.74) is 8.40. The van der Waals surface area contributed by atoms with E-state index in [0.29, 0.717) is 38.5 Å². The Morgan fingerprint density at radius 1 is 1.35 bits per heavy atom. The summed E-state index contributed by atoms with van der Waals surface area (Å²) in [6, 6.07) is 2.97. The van der Waals surface area contributed by atoms with Crippen LogP contribution in [-0.2, 0) is 24.4 Å². The van der Waals surface area contributed by atoms with E-state index in [9.17, 15) is 13.6 Å². The van der Waals surface area contributed by atoms with Crippen molar-refractivity contribution in [3.8, 4) is 0 Å². The summed E-state index contributed by atoms with van der Waals surface area (Å²) in [6.07, 6.45) is -0.0802. The van der Waals surface area contributed by atoms with Crippen molar-refractivity contribution in [2.45, 2.75) is 71.1 Å². The van der Waals surface area contributed by atoms with E-state index < -0.39 is 23.8 Å². The molecule has 0 aliphatic carbocycles. The normalized spacial score (nSPS) is 23.9. The zero-order chi connectivity index (χ0) is 22.3. The third-order valence-electron chi connectivity index (χ3n) is 5.98. The lowest BCUT2D eigenvalue weighted by molar-refractivity contribution is -0.0535. The molecule has 2 aliphatic rings. The number of nitrogens with zero attached hydrogens (tertiary/aromatic N) is 3. The summed E-state index contributed by atoms with van der Waals surface area (Å²) in [4.78, 5) is 19.3. The summed E-state index contributed by atoms with van der Waals surface area (Å²) in [7, 11) is 0. The van der Waals surface area contributed by atoms with E-state index in [1.165, 1.54) is 0 Å². The summed E-state index contributed by atoms with van der Waals surface area (Å²) in [6.45, 7) is 8.09. The third-order valence-corrected chi connectivity index (χ3v) is 5.98. The molecule has 3 N–H and O–H groups in total. The number of carbonyl (C=O) groups excluding carboxylic acids is 1. The van der Waals surface area contributed by atoms with Crippen LogP contribution >= 0.6 is 0 Å². The lowest BCUT2D eigenvalue weighted by atomic mass is 9.93. The van der Waals surface area contributed by atoms with Crippen molar-refractivity contribution >= 4 is 5.91 Å². The number of rotatable bonds is 5. The quantitative estimate of drug-likeness (QED) is 0.757. The first-order valence-electron chi connectivity index (χ1n) is 10.7. The largest absolute Gasteiger partial charge is 0.370 e. The average Bonchev–Trinajstić information content (AvgIpc) is 3.27. The summed E-state index contributed by atoms with van der Waals surface area (Å²) in [5, 5.41) is 2.90. The van der Waals surface area contributed by atoms with Gasteiger partial charge in [-0.2, -0.15) is 0 Å². The van der Waals surface area contributed by atoms with E-state index in [0.717, 1.165) is 29.6 Å². The van der Waals surface area contributed by atoms with Crippen LogP contribution in [0.15, 0.2) is 18.2 Å². The highest BCUT2D eigenvalue weighted by molar-refractivity contribution is 5.91. The molecule has 0 radical (unpaired) electrons. The Morgan fingerprint density at radius 2 is 2.13 bits per heavy atom. The van der Waals surface area contributed by atoms with E-state index >= 15 is 0 Å². The van der Waals surface area contributed by atoms with Gasteiger partial charge in [0.25, 0.3) is 5.91 Å². The van der Waals surface area contributed by atoms with Crippen molar-refractivity contribution in [2.75, 3.05) is 6.61 Å². The number of ether oxygens (including phenoxy) is 1. The molecule has 0 unspecified atom stereocenters. The van der Waals surface area contributed by atoms with Crippen LogP contribution in [0.1, 0.15) is 60.9 Å². The standard InChI is InChI=1S/C22H29F2N5O2/c1-4-29-19-10-28(9-18(19)27-21(29)22(30)26-12(2)3)14-8-17(25)20(31-11-14)15-7-13(23)5-6-16(15)24/h5-7,12,14,17,20H,4,8-11,25H2,1-3H3,(H,26,30)/t14-,17+,20-/m1/s1. The molecule has 0 saturated carbocycles. The van der Waals surface area contributed by atoms with Gasteiger partial charge in [-0.15, -0.1) is 0 Å². The minimum Gasteiger partial charge on any atom is -0.370 e. The van der Waals surface area contributed by atoms with Crippen molar-refractivity contribution in [1.29, 1.82) is 0 Å². The Labute approximate surface area is 180 Å². The molecule has 7 nitrogen and oxygen atoms in total. The van der Waals surface area contributed by atoms with E-state index in [4.69, 9.17) is 10.5 Å². The Hall–Kier alpha value is -2.36. The first-order valence-corrected chi connectivity index (χ1v) is 10.7. The van der Waals surface area contributed by atoms with Crippen LogP contribution in [0.4, 0.5) is 8.78 Å². The van der Waals surface area contributed by atoms with Crippen LogP contribution in [0, 0.1) is 11.6 Å². The van der Waals surface area contributed by atoms with Crippen LogP contribution in [0.3, 0.4) is 0 Å². The van der Waals surface area contributed by atoms with Crippen LogP contribution in [0.2, 0.25) is 0 Å². The zero-order valence-corrected chi connectivity index (χ0v) is 18.1. The fraction of sp³-hybridized carbons (Fsp3) is 0.545. The molecule has 1 aromatic carbocycles. The van der Waals surface area contributed by atoms with Crippen molar-refractivity contribution < 1.29 is 18.3 Å². The van der Waals surface area contributed by atoms with Gasteiger partial charge in [-0.3, -0.25) is 9.69 Å². The molecule has 168 valence electrons. The number of nitrogens with two attached hydrogens (primary N) is 1. The number of aromatic nitrogens is 2. The van der Waals surface area contributed by atoms with Gasteiger partial charge in [0.2, 0.25) is 0 Å². The molecule has 9 heteroatoms. The third kappa shape index (κ3) is 4.22. The monoisotopic (exact) mass is 433 g/mol. The molecule has 1 aromatic heterocycles. The summed E-state index contributed by atoms with van der Waals surface area (Å²) in [5.74, 6) is -0.744. The average molecular weight is 434 g/mol. The van der Waals surface area contributed by atoms with E-state index in [2.05, 4.69) is 15.2 Å². The van der Waals surface area contributed by atoms with Gasteiger partial charge >= 0.3 is 0 Å². The number of amides is 1. The Bertz CT molecular complexity index is 977. The van der Waals surface area contributed by atoms with E-state index in [1.54, 1.807) is 0 Å². The van der Waals surface area contributed by atoms with Crippen molar-refractivity contribution in [1.82, 2.24) is 19.8 Å². The fourth-order valence-corrected chi connectivity index (χ4v) is 4.53. The lowest BCUT2D eigenvalue weighted by Gasteiger charge is -2.38. The van der Waals surface area contributed by atoms with E-state index in [-0.39, 0.29) is 23.6 Å². The molecule has 2 aromatic rings. The smallest absolute Gasteiger partial charge is 0.287 e. The molecule has 0 spiro atoms. The molecule has 1 amide bonds. The number of fused-ring (bicyclic) bond motifs is 1. The minimum atomic E-state index is -0.675. The van der Waals surface area contributed by atoms with Gasteiger partial charge in [0.15, 0.2) is 5.82 Å². The highest BCUT2D eigenvalue weighted by atomic mass is 19.1. The van der Waals surface area contributed by atoms with Gasteiger partial charge in [0, 0.05) is 43.3 Å². The molecule has 4 rings (SSSR count). The molecule has 3 atom stereocenters. The van der Waals surface area contributed by atoms with Crippen LogP contribution in [0.5, 0.6) is 0 Å². The number of hydrogen-bond acceptors (Lipinski definition) is 5. The molecular formula is C22H29F2N5O2. The Morgan fingerprint density at radius 3 is 2.81 bits per heavy atom. The van der Waals surface area contributed by atoms with E-state index in [1.807, 2.05) is 25.3 Å². The van der Waals surface area contributed by atoms with Gasteiger partial charge in [-0.05, 0) is 45.4 Å². The fourth-order valence-electron chi connectivity index (χ4n) is 4.53. The van der Waals surface area contributed by atoms with Gasteiger partial charge < -0.3 is 20.4 Å². The molecular weight excluding hydrogens is 404 g/mol. The highest BCUT2D eigenvalue weighted by Gasteiger charge is 2.38. The lowest BCUT2D eigenvalue weighted by Crippen LogP contribution is -2.48. The zero-order valence-electron chi connectivity index (χ0n) is 18.1. The van der Waals surface area contributed by atoms with Crippen molar-refractivity contribution in [3.05, 3.63) is 52.6 Å². The summed E-state index contributed by atoms with van der Waals surface area (Å²) >= 11 is 0. The molecule has 1 saturated heterocycles. The maximum absolute atomic E-state index is 14.2. The molecule has 1 fully saturated rings. The predicted octanol–water partition coefficient (Wildman–Crippen LogP) is 2.49. The Balaban J connectivity index is 1.45. The molecule has 3 heterocycles. The first kappa shape index (κ1) is 21.9. The summed E-state index contributed by atoms with van der Waals surface area (Å²) < 4.78 is 35.6. The van der Waals surface area contributed by atoms with Gasteiger partial charge in [0.1, 0.15) is 17.7 Å². The van der Waals surface area contributed by atoms with Gasteiger partial charge in [-0.25, -0.2) is 13.8 Å². The topological polar surface area (TPSA) is 85.4 Å². The van der Waals surface area contributed by atoms with Crippen molar-refractivity contribution in [3.63, 3.8) is 0 Å². The number of hydrogen-bond donors (Lipinski definition) is 2. The highest BCUT2D eigenvalue weighted by Crippen LogP contribution is 2.34. The van der Waals surface area contributed by atoms with Crippen LogP contribution < -0.4 is 11.1 Å². The number of nitrogens with one attached hydrogen (secondary N) is 1. The Kier molecular flexibility index (Phi) is 6.09. The number of imidazole rings is 1. The van der Waals surface area contributed by atoms with Gasteiger partial charge in [0.05, 0.1) is 18.0 Å². The number of benzene rings is 1.